The molecule has 0 radical (unpaired) electrons. The standard InChI is InChI=1S/C21H23FN6/c1-13-5-6-18-16(10-15(22)11-23-18)19-4-3-8-27(19)20-7-9-28-21(26-20)17(12-24-28)14(2)25-13/h7,9-13,19,25H,2-6,8H2,1H3/t13-,19?/m1/s1/i3D2,4D2,8D2,19D. The molecule has 3 aromatic heterocycles. The predicted molar refractivity (Wildman–Crippen MR) is 106 cm³/mol. The van der Waals surface area contributed by atoms with Crippen LogP contribution in [0.2, 0.25) is 0 Å². The van der Waals surface area contributed by atoms with Crippen molar-refractivity contribution in [1.29, 1.82) is 0 Å². The number of anilines is 1. The van der Waals surface area contributed by atoms with Gasteiger partial charge in [-0.2, -0.15) is 5.10 Å². The van der Waals surface area contributed by atoms with Crippen LogP contribution in [0, 0.1) is 5.82 Å². The molecule has 0 amide bonds. The summed E-state index contributed by atoms with van der Waals surface area (Å²) in [6.07, 6.45) is -1.73. The molecule has 7 heteroatoms. The number of aromatic nitrogens is 4. The Morgan fingerprint density at radius 1 is 1.43 bits per heavy atom. The van der Waals surface area contributed by atoms with E-state index in [-0.39, 0.29) is 35.2 Å². The lowest BCUT2D eigenvalue weighted by atomic mass is 9.98. The van der Waals surface area contributed by atoms with Crippen molar-refractivity contribution in [3.63, 3.8) is 0 Å². The third kappa shape index (κ3) is 2.82. The minimum Gasteiger partial charge on any atom is -0.382 e. The van der Waals surface area contributed by atoms with Gasteiger partial charge in [0.05, 0.1) is 25.3 Å². The van der Waals surface area contributed by atoms with Crippen molar-refractivity contribution < 1.29 is 14.0 Å². The van der Waals surface area contributed by atoms with E-state index in [1.165, 1.54) is 23.0 Å². The zero-order chi connectivity index (χ0) is 25.6. The highest BCUT2D eigenvalue weighted by atomic mass is 19.1. The molecule has 1 N–H and O–H groups in total. The summed E-state index contributed by atoms with van der Waals surface area (Å²) in [6.45, 7) is 2.91. The molecular formula is C21H23FN6. The average molecular weight is 385 g/mol. The van der Waals surface area contributed by atoms with Crippen molar-refractivity contribution in [2.75, 3.05) is 11.4 Å². The highest BCUT2D eigenvalue weighted by Gasteiger charge is 2.30. The first-order chi connectivity index (χ1) is 16.2. The van der Waals surface area contributed by atoms with Gasteiger partial charge in [-0.25, -0.2) is 13.9 Å². The molecule has 5 heterocycles. The predicted octanol–water partition coefficient (Wildman–Crippen LogP) is 3.50. The Bertz CT molecular complexity index is 1360. The van der Waals surface area contributed by atoms with Gasteiger partial charge in [0, 0.05) is 38.4 Å². The van der Waals surface area contributed by atoms with Crippen LogP contribution in [0.5, 0.6) is 0 Å². The van der Waals surface area contributed by atoms with Gasteiger partial charge in [0.25, 0.3) is 0 Å². The van der Waals surface area contributed by atoms with Crippen molar-refractivity contribution in [2.24, 2.45) is 0 Å². The monoisotopic (exact) mass is 385 g/mol. The van der Waals surface area contributed by atoms with E-state index in [0.29, 0.717) is 22.6 Å². The lowest BCUT2D eigenvalue weighted by molar-refractivity contribution is 0.575. The smallest absolute Gasteiger partial charge is 0.166 e. The summed E-state index contributed by atoms with van der Waals surface area (Å²) in [4.78, 5) is 9.27. The number of hydrogen-bond donors (Lipinski definition) is 1. The SMILES string of the molecule is [2H]C1([2H])N2c3ccn4ncc(c4n3)C(=C)N[C@H](C)CCc3ncc(F)cc3C2([2H])C([2H])([2H])C1([2H])[2H]. The molecular weight excluding hydrogens is 355 g/mol. The number of aryl methyl sites for hydroxylation is 1. The largest absolute Gasteiger partial charge is 0.382 e. The van der Waals surface area contributed by atoms with E-state index >= 15 is 0 Å². The van der Waals surface area contributed by atoms with Gasteiger partial charge in [0.2, 0.25) is 0 Å². The van der Waals surface area contributed by atoms with Crippen molar-refractivity contribution in [3.8, 4) is 0 Å². The number of nitrogens with zero attached hydrogens (tertiary/aromatic N) is 5. The molecule has 1 unspecified atom stereocenters. The fraction of sp³-hybridized carbons (Fsp3) is 0.381. The molecule has 0 saturated carbocycles. The van der Waals surface area contributed by atoms with Crippen molar-refractivity contribution in [3.05, 3.63) is 59.9 Å². The first-order valence-electron chi connectivity index (χ1n) is 12.5. The number of pyridine rings is 1. The number of nitrogens with one attached hydrogen (secondary N) is 1. The lowest BCUT2D eigenvalue weighted by Crippen LogP contribution is -2.26. The van der Waals surface area contributed by atoms with Gasteiger partial charge < -0.3 is 10.2 Å². The van der Waals surface area contributed by atoms with Crippen LogP contribution in [0.4, 0.5) is 10.2 Å². The maximum Gasteiger partial charge on any atom is 0.166 e. The molecule has 28 heavy (non-hydrogen) atoms. The molecule has 1 fully saturated rings. The molecule has 5 rings (SSSR count). The highest BCUT2D eigenvalue weighted by Crippen LogP contribution is 2.37. The second-order valence-corrected chi connectivity index (χ2v) is 6.87. The van der Waals surface area contributed by atoms with E-state index in [1.54, 1.807) is 0 Å². The summed E-state index contributed by atoms with van der Waals surface area (Å²) in [5.74, 6) is -1.05. The van der Waals surface area contributed by atoms with Crippen LogP contribution in [-0.4, -0.2) is 32.1 Å². The van der Waals surface area contributed by atoms with Crippen LogP contribution >= 0.6 is 0 Å². The maximum atomic E-state index is 14.5. The molecule has 6 nitrogen and oxygen atoms in total. The van der Waals surface area contributed by atoms with Crippen molar-refractivity contribution in [2.45, 2.75) is 44.6 Å². The molecule has 2 aliphatic rings. The third-order valence-electron chi connectivity index (χ3n) is 4.91. The Morgan fingerprint density at radius 2 is 2.32 bits per heavy atom. The van der Waals surface area contributed by atoms with Crippen LogP contribution in [0.15, 0.2) is 37.3 Å². The molecule has 2 bridgehead atoms. The summed E-state index contributed by atoms with van der Waals surface area (Å²) in [5.41, 5.74) is 1.20. The zero-order valence-corrected chi connectivity index (χ0v) is 15.2. The summed E-state index contributed by atoms with van der Waals surface area (Å²) in [5, 5.41) is 7.50. The van der Waals surface area contributed by atoms with Gasteiger partial charge in [-0.15, -0.1) is 0 Å². The van der Waals surface area contributed by atoms with E-state index in [9.17, 15) is 5.76 Å². The molecule has 144 valence electrons. The number of halogens is 1. The Balaban J connectivity index is 1.90. The lowest BCUT2D eigenvalue weighted by Gasteiger charge is -2.27. The summed E-state index contributed by atoms with van der Waals surface area (Å²) >= 11 is 0. The molecule has 2 aliphatic heterocycles. The van der Waals surface area contributed by atoms with Crippen molar-refractivity contribution >= 4 is 17.2 Å². The second kappa shape index (κ2) is 6.58. The van der Waals surface area contributed by atoms with Crippen LogP contribution < -0.4 is 10.2 Å². The minimum absolute atomic E-state index is 0.155. The molecule has 0 aromatic carbocycles. The van der Waals surface area contributed by atoms with Gasteiger partial charge in [-0.1, -0.05) is 6.58 Å². The van der Waals surface area contributed by atoms with Gasteiger partial charge in [-0.05, 0) is 50.2 Å². The second-order valence-electron chi connectivity index (χ2n) is 6.87. The van der Waals surface area contributed by atoms with Crippen LogP contribution in [0.3, 0.4) is 0 Å². The molecule has 2 atom stereocenters. The van der Waals surface area contributed by atoms with Gasteiger partial charge in [0.1, 0.15) is 11.6 Å². The Kier molecular flexibility index (Phi) is 2.62. The van der Waals surface area contributed by atoms with Gasteiger partial charge >= 0.3 is 0 Å². The molecule has 1 saturated heterocycles. The fourth-order valence-electron chi connectivity index (χ4n) is 3.48. The number of fused-ring (bicyclic) bond motifs is 5. The Labute approximate surface area is 172 Å². The van der Waals surface area contributed by atoms with E-state index in [1.807, 2.05) is 6.92 Å². The van der Waals surface area contributed by atoms with Gasteiger partial charge in [-0.3, -0.25) is 4.98 Å². The first-order valence-corrected chi connectivity index (χ1v) is 8.99. The third-order valence-corrected chi connectivity index (χ3v) is 4.91. The fourth-order valence-corrected chi connectivity index (χ4v) is 3.48. The van der Waals surface area contributed by atoms with E-state index < -0.39 is 31.1 Å². The van der Waals surface area contributed by atoms with Crippen molar-refractivity contribution in [1.82, 2.24) is 24.9 Å². The quantitative estimate of drug-likeness (QED) is 0.642. The number of rotatable bonds is 0. The summed E-state index contributed by atoms with van der Waals surface area (Å²) in [6, 6.07) is -0.640. The molecule has 0 spiro atoms. The Morgan fingerprint density at radius 3 is 3.21 bits per heavy atom. The Hall–Kier alpha value is -2.96. The van der Waals surface area contributed by atoms with Gasteiger partial charge in [0.15, 0.2) is 5.65 Å². The normalized spacial score (nSPS) is 33.9. The van der Waals surface area contributed by atoms with Crippen LogP contribution in [-0.2, 0) is 6.42 Å². The minimum atomic E-state index is -3.18. The van der Waals surface area contributed by atoms with Crippen LogP contribution in [0.25, 0.3) is 11.3 Å². The average Bonchev–Trinajstić information content (AvgIpc) is 3.23. The van der Waals surface area contributed by atoms with Crippen LogP contribution in [0.1, 0.15) is 58.5 Å². The van der Waals surface area contributed by atoms with E-state index in [0.717, 1.165) is 12.3 Å². The summed E-state index contributed by atoms with van der Waals surface area (Å²) in [7, 11) is 0. The molecule has 0 aliphatic carbocycles. The highest BCUT2D eigenvalue weighted by molar-refractivity contribution is 5.74. The maximum absolute atomic E-state index is 14.5. The number of hydrogen-bond acceptors (Lipinski definition) is 5. The topological polar surface area (TPSA) is 58.4 Å². The van der Waals surface area contributed by atoms with E-state index in [4.69, 9.17) is 8.22 Å². The first kappa shape index (κ1) is 11.1. The molecule has 3 aromatic rings. The van der Waals surface area contributed by atoms with E-state index in [2.05, 4.69) is 27.0 Å². The summed E-state index contributed by atoms with van der Waals surface area (Å²) < 4.78 is 77.0. The zero-order valence-electron chi connectivity index (χ0n) is 22.2.